The molecule has 6 nitrogen and oxygen atoms in total. The summed E-state index contributed by atoms with van der Waals surface area (Å²) in [5.41, 5.74) is -0.922. The fraction of sp³-hybridized carbons (Fsp3) is 0.778. The average molecular weight is 467 g/mol. The van der Waals surface area contributed by atoms with Gasteiger partial charge in [0.05, 0.1) is 38.3 Å². The molecule has 0 spiro atoms. The molecule has 0 bridgehead atoms. The van der Waals surface area contributed by atoms with Crippen LogP contribution in [0.3, 0.4) is 0 Å². The first-order valence-electron chi connectivity index (χ1n) is 12.5. The topological polar surface area (TPSA) is 93.1 Å². The van der Waals surface area contributed by atoms with Gasteiger partial charge in [-0.05, 0) is 12.8 Å². The van der Waals surface area contributed by atoms with Crippen LogP contribution in [0.4, 0.5) is 0 Å². The van der Waals surface area contributed by atoms with Crippen molar-refractivity contribution < 1.29 is 29.3 Å². The van der Waals surface area contributed by atoms with Crippen LogP contribution < -0.4 is 0 Å². The second-order valence-corrected chi connectivity index (χ2v) is 10.9. The van der Waals surface area contributed by atoms with Crippen LogP contribution >= 0.6 is 0 Å². The summed E-state index contributed by atoms with van der Waals surface area (Å²) in [5.74, 6) is -1.23. The van der Waals surface area contributed by atoms with E-state index in [4.69, 9.17) is 9.47 Å². The van der Waals surface area contributed by atoms with E-state index in [0.717, 1.165) is 57.8 Å². The van der Waals surface area contributed by atoms with Crippen LogP contribution in [0.2, 0.25) is 0 Å². The van der Waals surface area contributed by atoms with Gasteiger partial charge < -0.3 is 19.7 Å². The second-order valence-electron chi connectivity index (χ2n) is 10.9. The van der Waals surface area contributed by atoms with Crippen molar-refractivity contribution in [1.82, 2.24) is 0 Å². The van der Waals surface area contributed by atoms with E-state index in [1.54, 1.807) is 0 Å². The van der Waals surface area contributed by atoms with E-state index in [1.807, 2.05) is 52.0 Å². The Hall–Kier alpha value is -1.66. The Morgan fingerprint density at radius 3 is 1.36 bits per heavy atom. The van der Waals surface area contributed by atoms with E-state index in [-0.39, 0.29) is 50.2 Å². The van der Waals surface area contributed by atoms with Crippen molar-refractivity contribution in [2.24, 2.45) is 22.7 Å². The lowest BCUT2D eigenvalue weighted by Crippen LogP contribution is -2.28. The molecule has 2 N–H and O–H groups in total. The summed E-state index contributed by atoms with van der Waals surface area (Å²) in [7, 11) is 0. The second kappa shape index (κ2) is 15.3. The Morgan fingerprint density at radius 2 is 1.03 bits per heavy atom. The zero-order chi connectivity index (χ0) is 24.7. The standard InChI is InChI=1S/C27H46O6/c1-26(2,18-28)20-32-24(30)22-14-10-8-6-5-7-9-11-15-23(17-13-12-16-22)25(31)33-21-27(3,4)19-29/h12-13,16-17,22-23,28-29H,5-11,14-15,18-21H2,1-4H3/b16-12-,17-13+. The molecule has 2 unspecified atom stereocenters. The SMILES string of the molecule is CC(C)(CO)COC(=O)C1/C=C\C=C\C(C(=O)OCC(C)(C)CO)CCCCCCCCC1. The van der Waals surface area contributed by atoms with Crippen LogP contribution in [0.25, 0.3) is 0 Å². The fourth-order valence-corrected chi connectivity index (χ4v) is 3.43. The minimum atomic E-state index is -0.461. The molecule has 0 aromatic carbocycles. The maximum absolute atomic E-state index is 12.7. The third kappa shape index (κ3) is 13.0. The van der Waals surface area contributed by atoms with Crippen molar-refractivity contribution in [2.75, 3.05) is 26.4 Å². The van der Waals surface area contributed by atoms with Crippen LogP contribution in [0, 0.1) is 22.7 Å². The van der Waals surface area contributed by atoms with Gasteiger partial charge in [-0.1, -0.05) is 96.9 Å². The number of aliphatic hydroxyl groups excluding tert-OH is 2. The highest BCUT2D eigenvalue weighted by Crippen LogP contribution is 2.22. The van der Waals surface area contributed by atoms with Crippen LogP contribution in [-0.2, 0) is 19.1 Å². The summed E-state index contributed by atoms with van der Waals surface area (Å²) in [6.07, 6.45) is 16.3. The smallest absolute Gasteiger partial charge is 0.312 e. The number of aliphatic hydroxyl groups is 2. The summed E-state index contributed by atoms with van der Waals surface area (Å²) in [5, 5.41) is 18.8. The highest BCUT2D eigenvalue weighted by atomic mass is 16.5. The molecule has 0 aromatic rings. The third-order valence-electron chi connectivity index (χ3n) is 6.00. The van der Waals surface area contributed by atoms with Crippen LogP contribution in [-0.4, -0.2) is 48.6 Å². The number of rotatable bonds is 8. The highest BCUT2D eigenvalue weighted by Gasteiger charge is 2.24. The number of ether oxygens (including phenoxy) is 2. The molecular weight excluding hydrogens is 420 g/mol. The molecule has 0 heterocycles. The predicted molar refractivity (Wildman–Crippen MR) is 130 cm³/mol. The maximum atomic E-state index is 12.7. The Bertz CT molecular complexity index is 581. The maximum Gasteiger partial charge on any atom is 0.312 e. The van der Waals surface area contributed by atoms with Crippen LogP contribution in [0.5, 0.6) is 0 Å². The van der Waals surface area contributed by atoms with Crippen LogP contribution in [0.15, 0.2) is 24.3 Å². The summed E-state index contributed by atoms with van der Waals surface area (Å²) in [6, 6.07) is 0. The van der Waals surface area contributed by atoms with Crippen LogP contribution in [0.1, 0.15) is 85.5 Å². The summed E-state index contributed by atoms with van der Waals surface area (Å²) in [6.45, 7) is 7.70. The molecule has 0 saturated carbocycles. The first kappa shape index (κ1) is 29.4. The molecule has 0 radical (unpaired) electrons. The summed E-state index contributed by atoms with van der Waals surface area (Å²) < 4.78 is 11.0. The van der Waals surface area contributed by atoms with Crippen molar-refractivity contribution in [3.8, 4) is 0 Å². The van der Waals surface area contributed by atoms with E-state index in [0.29, 0.717) is 0 Å². The van der Waals surface area contributed by atoms with E-state index >= 15 is 0 Å². The molecule has 6 heteroatoms. The highest BCUT2D eigenvalue weighted by molar-refractivity contribution is 5.75. The summed E-state index contributed by atoms with van der Waals surface area (Å²) >= 11 is 0. The van der Waals surface area contributed by atoms with E-state index < -0.39 is 10.8 Å². The van der Waals surface area contributed by atoms with Gasteiger partial charge in [-0.2, -0.15) is 0 Å². The average Bonchev–Trinajstić information content (AvgIpc) is 2.80. The lowest BCUT2D eigenvalue weighted by atomic mass is 9.96. The number of hydrogen-bond donors (Lipinski definition) is 2. The van der Waals surface area contributed by atoms with E-state index in [9.17, 15) is 19.8 Å². The number of carbonyl (C=O) groups is 2. The van der Waals surface area contributed by atoms with Crippen molar-refractivity contribution >= 4 is 11.9 Å². The molecule has 0 saturated heterocycles. The lowest BCUT2D eigenvalue weighted by Gasteiger charge is -2.22. The first-order valence-corrected chi connectivity index (χ1v) is 12.5. The zero-order valence-electron chi connectivity index (χ0n) is 21.2. The first-order chi connectivity index (χ1) is 15.6. The van der Waals surface area contributed by atoms with Crippen molar-refractivity contribution in [3.05, 3.63) is 24.3 Å². The zero-order valence-corrected chi connectivity index (χ0v) is 21.2. The third-order valence-corrected chi connectivity index (χ3v) is 6.00. The Labute approximate surface area is 200 Å². The van der Waals surface area contributed by atoms with Crippen molar-refractivity contribution in [1.29, 1.82) is 0 Å². The molecule has 0 fully saturated rings. The number of esters is 2. The Morgan fingerprint density at radius 1 is 0.697 bits per heavy atom. The van der Waals surface area contributed by atoms with E-state index in [1.165, 1.54) is 0 Å². The number of carbonyl (C=O) groups excluding carboxylic acids is 2. The van der Waals surface area contributed by atoms with Gasteiger partial charge >= 0.3 is 11.9 Å². The largest absolute Gasteiger partial charge is 0.465 e. The molecule has 190 valence electrons. The minimum Gasteiger partial charge on any atom is -0.465 e. The molecule has 2 atom stereocenters. The van der Waals surface area contributed by atoms with Gasteiger partial charge in [0.15, 0.2) is 0 Å². The minimum absolute atomic E-state index is 0.0451. The summed E-state index contributed by atoms with van der Waals surface area (Å²) in [4.78, 5) is 25.3. The molecule has 0 amide bonds. The van der Waals surface area contributed by atoms with Gasteiger partial charge in [-0.25, -0.2) is 0 Å². The molecule has 1 aliphatic carbocycles. The van der Waals surface area contributed by atoms with Gasteiger partial charge in [0.2, 0.25) is 0 Å². The van der Waals surface area contributed by atoms with Gasteiger partial charge in [0.1, 0.15) is 0 Å². The Balaban J connectivity index is 2.84. The quantitative estimate of drug-likeness (QED) is 0.490. The molecule has 0 aromatic heterocycles. The molecular formula is C27H46O6. The van der Waals surface area contributed by atoms with Crippen molar-refractivity contribution in [3.63, 3.8) is 0 Å². The number of allylic oxidation sites excluding steroid dienone is 2. The molecule has 33 heavy (non-hydrogen) atoms. The van der Waals surface area contributed by atoms with Crippen molar-refractivity contribution in [2.45, 2.75) is 85.5 Å². The number of hydrogen-bond acceptors (Lipinski definition) is 6. The van der Waals surface area contributed by atoms with E-state index in [2.05, 4.69) is 0 Å². The normalized spacial score (nSPS) is 23.6. The van der Waals surface area contributed by atoms with Gasteiger partial charge in [0.25, 0.3) is 0 Å². The van der Waals surface area contributed by atoms with Gasteiger partial charge in [0, 0.05) is 10.8 Å². The van der Waals surface area contributed by atoms with Gasteiger partial charge in [-0.3, -0.25) is 9.59 Å². The monoisotopic (exact) mass is 466 g/mol. The fourth-order valence-electron chi connectivity index (χ4n) is 3.43. The lowest BCUT2D eigenvalue weighted by molar-refractivity contribution is -0.151. The molecule has 1 aliphatic rings. The van der Waals surface area contributed by atoms with Gasteiger partial charge in [-0.15, -0.1) is 0 Å². The molecule has 0 aliphatic heterocycles. The predicted octanol–water partition coefficient (Wildman–Crippen LogP) is 4.98. The molecule has 1 rings (SSSR count). The Kier molecular flexibility index (Phi) is 13.6.